The van der Waals surface area contributed by atoms with Crippen LogP contribution in [0.1, 0.15) is 63.3 Å². The van der Waals surface area contributed by atoms with E-state index in [0.717, 1.165) is 49.0 Å². The van der Waals surface area contributed by atoms with Crippen LogP contribution in [0.25, 0.3) is 0 Å². The van der Waals surface area contributed by atoms with Crippen molar-refractivity contribution in [3.05, 3.63) is 44.8 Å². The van der Waals surface area contributed by atoms with Crippen LogP contribution < -0.4 is 10.6 Å². The van der Waals surface area contributed by atoms with E-state index in [1.165, 1.54) is 7.11 Å². The van der Waals surface area contributed by atoms with Crippen molar-refractivity contribution in [1.82, 2.24) is 0 Å². The second kappa shape index (κ2) is 9.62. The Morgan fingerprint density at radius 1 is 1.07 bits per heavy atom. The molecule has 2 aromatic rings. The average Bonchev–Trinajstić information content (AvgIpc) is 3.07. The molecule has 0 saturated heterocycles. The molecular formula is C22H25ClN2O4S. The Balaban J connectivity index is 1.89. The smallest absolute Gasteiger partial charge is 0.341 e. The zero-order valence-corrected chi connectivity index (χ0v) is 18.8. The molecule has 30 heavy (non-hydrogen) atoms. The van der Waals surface area contributed by atoms with Crippen LogP contribution in [0, 0.1) is 19.8 Å². The Hall–Kier alpha value is -2.38. The van der Waals surface area contributed by atoms with Gasteiger partial charge >= 0.3 is 5.97 Å². The summed E-state index contributed by atoms with van der Waals surface area (Å²) in [5.74, 6) is -1.14. The zero-order chi connectivity index (χ0) is 21.8. The number of nitrogens with one attached hydrogen (secondary N) is 2. The molecule has 1 heterocycles. The second-order valence-corrected chi connectivity index (χ2v) is 8.87. The third-order valence-electron chi connectivity index (χ3n) is 5.47. The molecule has 1 aromatic carbocycles. The quantitative estimate of drug-likeness (QED) is 0.585. The van der Waals surface area contributed by atoms with Crippen molar-refractivity contribution in [2.45, 2.75) is 46.0 Å². The highest BCUT2D eigenvalue weighted by atomic mass is 35.5. The van der Waals surface area contributed by atoms with Gasteiger partial charge in [0.05, 0.1) is 17.6 Å². The van der Waals surface area contributed by atoms with Gasteiger partial charge in [0.2, 0.25) is 5.91 Å². The first kappa shape index (κ1) is 22.3. The normalized spacial score (nSPS) is 14.3. The summed E-state index contributed by atoms with van der Waals surface area (Å²) in [7, 11) is 1.28. The Morgan fingerprint density at radius 3 is 2.43 bits per heavy atom. The van der Waals surface area contributed by atoms with Crippen molar-refractivity contribution >= 4 is 51.4 Å². The number of hydrogen-bond donors (Lipinski definition) is 2. The largest absolute Gasteiger partial charge is 0.465 e. The molecule has 1 aliphatic carbocycles. The van der Waals surface area contributed by atoms with Crippen LogP contribution in [0.5, 0.6) is 0 Å². The number of carbonyl (C=O) groups is 3. The molecule has 0 aliphatic heterocycles. The van der Waals surface area contributed by atoms with Gasteiger partial charge in [0.15, 0.2) is 0 Å². The lowest BCUT2D eigenvalue weighted by Gasteiger charge is -2.20. The summed E-state index contributed by atoms with van der Waals surface area (Å²) in [6.45, 7) is 3.49. The number of esters is 1. The minimum absolute atomic E-state index is 0.0713. The first-order chi connectivity index (χ1) is 14.3. The van der Waals surface area contributed by atoms with Gasteiger partial charge in [-0.25, -0.2) is 4.79 Å². The Kier molecular flexibility index (Phi) is 7.15. The lowest BCUT2D eigenvalue weighted by Crippen LogP contribution is -2.25. The molecule has 1 aromatic heterocycles. The van der Waals surface area contributed by atoms with E-state index in [-0.39, 0.29) is 23.3 Å². The van der Waals surface area contributed by atoms with E-state index in [1.807, 2.05) is 6.92 Å². The van der Waals surface area contributed by atoms with E-state index in [2.05, 4.69) is 10.6 Å². The summed E-state index contributed by atoms with van der Waals surface area (Å²) in [6.07, 6.45) is 4.87. The van der Waals surface area contributed by atoms with Gasteiger partial charge in [-0.2, -0.15) is 0 Å². The van der Waals surface area contributed by atoms with Crippen molar-refractivity contribution in [3.63, 3.8) is 0 Å². The SMILES string of the molecule is COC(=O)c1c(NC(=O)C2CCCCC2)sc(C(=O)Nc2cccc(Cl)c2C)c1C. The summed E-state index contributed by atoms with van der Waals surface area (Å²) in [6, 6.07) is 5.26. The molecule has 0 atom stereocenters. The molecule has 1 fully saturated rings. The highest BCUT2D eigenvalue weighted by Crippen LogP contribution is 2.36. The molecule has 2 amide bonds. The minimum Gasteiger partial charge on any atom is -0.465 e. The van der Waals surface area contributed by atoms with Gasteiger partial charge in [-0.15, -0.1) is 11.3 Å². The minimum atomic E-state index is -0.583. The van der Waals surface area contributed by atoms with Crippen LogP contribution in [0.15, 0.2) is 18.2 Å². The third-order valence-corrected chi connectivity index (χ3v) is 7.09. The molecule has 8 heteroatoms. The molecule has 0 bridgehead atoms. The zero-order valence-electron chi connectivity index (χ0n) is 17.3. The molecule has 0 radical (unpaired) electrons. The van der Waals surface area contributed by atoms with Gasteiger partial charge in [0.1, 0.15) is 5.00 Å². The first-order valence-electron chi connectivity index (χ1n) is 9.92. The molecule has 3 rings (SSSR count). The molecule has 6 nitrogen and oxygen atoms in total. The number of amides is 2. The summed E-state index contributed by atoms with van der Waals surface area (Å²) < 4.78 is 4.90. The first-order valence-corrected chi connectivity index (χ1v) is 11.1. The topological polar surface area (TPSA) is 84.5 Å². The number of rotatable bonds is 5. The summed E-state index contributed by atoms with van der Waals surface area (Å²) >= 11 is 7.22. The number of thiophene rings is 1. The van der Waals surface area contributed by atoms with Crippen LogP contribution in [-0.4, -0.2) is 24.9 Å². The Morgan fingerprint density at radius 2 is 1.77 bits per heavy atom. The number of halogens is 1. The van der Waals surface area contributed by atoms with Crippen LogP contribution in [-0.2, 0) is 9.53 Å². The number of methoxy groups -OCH3 is 1. The molecule has 1 saturated carbocycles. The van der Waals surface area contributed by atoms with Gasteiger partial charge in [-0.05, 0) is 49.9 Å². The fourth-order valence-corrected chi connectivity index (χ4v) is 4.93. The molecule has 160 valence electrons. The maximum Gasteiger partial charge on any atom is 0.341 e. The monoisotopic (exact) mass is 448 g/mol. The van der Waals surface area contributed by atoms with Crippen molar-refractivity contribution in [1.29, 1.82) is 0 Å². The number of carbonyl (C=O) groups excluding carboxylic acids is 3. The van der Waals surface area contributed by atoms with Gasteiger partial charge < -0.3 is 15.4 Å². The summed E-state index contributed by atoms with van der Waals surface area (Å²) in [5.41, 5.74) is 2.04. The fraction of sp³-hybridized carbons (Fsp3) is 0.409. The number of ether oxygens (including phenoxy) is 1. The Bertz CT molecular complexity index is 980. The van der Waals surface area contributed by atoms with Crippen LogP contribution in [0.2, 0.25) is 5.02 Å². The van der Waals surface area contributed by atoms with Crippen molar-refractivity contribution in [2.75, 3.05) is 17.7 Å². The third kappa shape index (κ3) is 4.68. The van der Waals surface area contributed by atoms with E-state index < -0.39 is 5.97 Å². The van der Waals surface area contributed by atoms with E-state index in [1.54, 1.807) is 25.1 Å². The maximum atomic E-state index is 13.0. The van der Waals surface area contributed by atoms with Crippen LogP contribution in [0.3, 0.4) is 0 Å². The summed E-state index contributed by atoms with van der Waals surface area (Å²) in [5, 5.41) is 6.62. The van der Waals surface area contributed by atoms with E-state index in [9.17, 15) is 14.4 Å². The Labute approximate surface area is 185 Å². The number of anilines is 2. The second-order valence-electron chi connectivity index (χ2n) is 7.44. The molecule has 0 spiro atoms. The van der Waals surface area contributed by atoms with Crippen LogP contribution in [0.4, 0.5) is 10.7 Å². The maximum absolute atomic E-state index is 13.0. The predicted octanol–water partition coefficient (Wildman–Crippen LogP) is 5.58. The highest BCUT2D eigenvalue weighted by molar-refractivity contribution is 7.19. The van der Waals surface area contributed by atoms with E-state index in [4.69, 9.17) is 16.3 Å². The van der Waals surface area contributed by atoms with Crippen molar-refractivity contribution in [2.24, 2.45) is 5.92 Å². The van der Waals surface area contributed by atoms with Crippen molar-refractivity contribution in [3.8, 4) is 0 Å². The molecular weight excluding hydrogens is 424 g/mol. The standard InChI is InChI=1S/C22H25ClN2O4S/c1-12-15(23)10-7-11-16(12)24-20(27)18-13(2)17(22(28)29-3)21(30-18)25-19(26)14-8-5-4-6-9-14/h7,10-11,14H,4-6,8-9H2,1-3H3,(H,24,27)(H,25,26). The number of hydrogen-bond acceptors (Lipinski definition) is 5. The van der Waals surface area contributed by atoms with Crippen molar-refractivity contribution < 1.29 is 19.1 Å². The van der Waals surface area contributed by atoms with Crippen LogP contribution >= 0.6 is 22.9 Å². The highest BCUT2D eigenvalue weighted by Gasteiger charge is 2.29. The molecule has 1 aliphatic rings. The fourth-order valence-electron chi connectivity index (χ4n) is 3.67. The van der Waals surface area contributed by atoms with Gasteiger partial charge in [0, 0.05) is 16.6 Å². The predicted molar refractivity (Wildman–Crippen MR) is 120 cm³/mol. The average molecular weight is 449 g/mol. The van der Waals surface area contributed by atoms with Gasteiger partial charge in [-0.1, -0.05) is 36.9 Å². The van der Waals surface area contributed by atoms with Gasteiger partial charge in [-0.3, -0.25) is 9.59 Å². The lowest BCUT2D eigenvalue weighted by molar-refractivity contribution is -0.120. The molecule has 2 N–H and O–H groups in total. The summed E-state index contributed by atoms with van der Waals surface area (Å²) in [4.78, 5) is 38.4. The number of benzene rings is 1. The van der Waals surface area contributed by atoms with E-state index in [0.29, 0.717) is 26.2 Å². The lowest BCUT2D eigenvalue weighted by atomic mass is 9.89. The van der Waals surface area contributed by atoms with E-state index >= 15 is 0 Å². The molecule has 0 unspecified atom stereocenters. The van der Waals surface area contributed by atoms with Gasteiger partial charge in [0.25, 0.3) is 5.91 Å².